The third kappa shape index (κ3) is 3.46. The first kappa shape index (κ1) is 14.3. The Morgan fingerprint density at radius 2 is 2.11 bits per heavy atom. The molecule has 5 nitrogen and oxygen atoms in total. The molecular formula is C13H20N2O3S. The van der Waals surface area contributed by atoms with E-state index in [4.69, 9.17) is 10.6 Å². The van der Waals surface area contributed by atoms with Gasteiger partial charge in [0, 0.05) is 6.04 Å². The maximum absolute atomic E-state index is 11.5. The van der Waals surface area contributed by atoms with Crippen LogP contribution in [0.5, 0.6) is 5.75 Å². The van der Waals surface area contributed by atoms with Crippen molar-refractivity contribution in [1.82, 2.24) is 5.43 Å². The van der Waals surface area contributed by atoms with E-state index in [0.29, 0.717) is 13.0 Å². The van der Waals surface area contributed by atoms with Gasteiger partial charge in [0.25, 0.3) is 0 Å². The second-order valence-electron chi connectivity index (χ2n) is 4.81. The highest BCUT2D eigenvalue weighted by molar-refractivity contribution is 7.91. The predicted octanol–water partition coefficient (Wildman–Crippen LogP) is 1.02. The fourth-order valence-corrected chi connectivity index (χ4v) is 4.37. The molecule has 2 unspecified atom stereocenters. The average molecular weight is 284 g/mol. The number of nitrogens with one attached hydrogen (secondary N) is 1. The van der Waals surface area contributed by atoms with Crippen LogP contribution in [0.3, 0.4) is 0 Å². The van der Waals surface area contributed by atoms with E-state index < -0.39 is 9.84 Å². The molecule has 0 bridgehead atoms. The number of hydrogen-bond donors (Lipinski definition) is 2. The van der Waals surface area contributed by atoms with Crippen molar-refractivity contribution in [3.63, 3.8) is 0 Å². The molecule has 6 heteroatoms. The van der Waals surface area contributed by atoms with Gasteiger partial charge in [-0.05, 0) is 37.0 Å². The van der Waals surface area contributed by atoms with E-state index in [1.165, 1.54) is 0 Å². The molecule has 1 heterocycles. The normalized spacial score (nSPS) is 23.2. The molecule has 106 valence electrons. The number of ether oxygens (including phenoxy) is 1. The molecule has 0 amide bonds. The van der Waals surface area contributed by atoms with E-state index in [0.717, 1.165) is 11.3 Å². The van der Waals surface area contributed by atoms with Crippen molar-refractivity contribution in [3.8, 4) is 5.75 Å². The highest BCUT2D eigenvalue weighted by Gasteiger charge is 2.33. The van der Waals surface area contributed by atoms with Gasteiger partial charge in [0.05, 0.1) is 18.1 Å². The molecule has 1 aromatic carbocycles. The molecule has 0 spiro atoms. The van der Waals surface area contributed by atoms with Crippen LogP contribution < -0.4 is 16.0 Å². The summed E-state index contributed by atoms with van der Waals surface area (Å²) < 4.78 is 28.5. The first-order chi connectivity index (χ1) is 9.05. The lowest BCUT2D eigenvalue weighted by Gasteiger charge is -2.22. The van der Waals surface area contributed by atoms with Crippen molar-refractivity contribution < 1.29 is 13.2 Å². The summed E-state index contributed by atoms with van der Waals surface area (Å²) in [6.45, 7) is 2.56. The zero-order valence-corrected chi connectivity index (χ0v) is 11.8. The SMILES string of the molecule is CCOc1ccc(C(NN)C2CCS(=O)(=O)C2)cc1. The Morgan fingerprint density at radius 1 is 1.42 bits per heavy atom. The minimum atomic E-state index is -2.90. The molecule has 1 saturated heterocycles. The Kier molecular flexibility index (Phi) is 4.44. The van der Waals surface area contributed by atoms with E-state index in [1.807, 2.05) is 31.2 Å². The lowest BCUT2D eigenvalue weighted by Crippen LogP contribution is -2.34. The predicted molar refractivity (Wildman–Crippen MR) is 74.4 cm³/mol. The fourth-order valence-electron chi connectivity index (χ4n) is 2.53. The van der Waals surface area contributed by atoms with Crippen molar-refractivity contribution in [2.45, 2.75) is 19.4 Å². The van der Waals surface area contributed by atoms with E-state index in [-0.39, 0.29) is 23.5 Å². The maximum atomic E-state index is 11.5. The minimum absolute atomic E-state index is 0.0351. The fraction of sp³-hybridized carbons (Fsp3) is 0.538. The second kappa shape index (κ2) is 5.90. The number of hydrogen-bond acceptors (Lipinski definition) is 5. The third-order valence-corrected chi connectivity index (χ3v) is 5.26. The van der Waals surface area contributed by atoms with Gasteiger partial charge in [-0.3, -0.25) is 11.3 Å². The Hall–Kier alpha value is -1.11. The van der Waals surface area contributed by atoms with Crippen LogP contribution in [0.25, 0.3) is 0 Å². The molecule has 19 heavy (non-hydrogen) atoms. The monoisotopic (exact) mass is 284 g/mol. The standard InChI is InChI=1S/C13H20N2O3S/c1-2-18-12-5-3-10(4-6-12)13(15-14)11-7-8-19(16,17)9-11/h3-6,11,13,15H,2,7-9,14H2,1H3. The summed E-state index contributed by atoms with van der Waals surface area (Å²) in [4.78, 5) is 0. The molecular weight excluding hydrogens is 264 g/mol. The van der Waals surface area contributed by atoms with Crippen molar-refractivity contribution >= 4 is 9.84 Å². The molecule has 0 aromatic heterocycles. The summed E-state index contributed by atoms with van der Waals surface area (Å²) in [7, 11) is -2.90. The smallest absolute Gasteiger partial charge is 0.150 e. The van der Waals surface area contributed by atoms with Gasteiger partial charge < -0.3 is 4.74 Å². The van der Waals surface area contributed by atoms with Crippen LogP contribution in [0.4, 0.5) is 0 Å². The molecule has 0 aliphatic carbocycles. The Morgan fingerprint density at radius 3 is 2.58 bits per heavy atom. The number of rotatable bonds is 5. The average Bonchev–Trinajstić information content (AvgIpc) is 2.73. The molecule has 2 atom stereocenters. The number of hydrazine groups is 1. The van der Waals surface area contributed by atoms with E-state index in [9.17, 15) is 8.42 Å². The van der Waals surface area contributed by atoms with Crippen molar-refractivity contribution in [2.75, 3.05) is 18.1 Å². The van der Waals surface area contributed by atoms with Gasteiger partial charge in [-0.1, -0.05) is 12.1 Å². The molecule has 0 radical (unpaired) electrons. The van der Waals surface area contributed by atoms with Gasteiger partial charge in [0.1, 0.15) is 5.75 Å². The molecule has 2 rings (SSSR count). The summed E-state index contributed by atoms with van der Waals surface area (Å²) in [6, 6.07) is 7.49. The third-order valence-electron chi connectivity index (χ3n) is 3.47. The molecule has 1 aliphatic heterocycles. The summed E-state index contributed by atoms with van der Waals surface area (Å²) in [5, 5.41) is 0. The van der Waals surface area contributed by atoms with Crippen LogP contribution in [0.1, 0.15) is 24.9 Å². The summed E-state index contributed by atoms with van der Waals surface area (Å²) in [5.74, 6) is 6.90. The first-order valence-electron chi connectivity index (χ1n) is 6.45. The van der Waals surface area contributed by atoms with Crippen LogP contribution in [-0.4, -0.2) is 26.5 Å². The van der Waals surface area contributed by atoms with E-state index in [1.54, 1.807) is 0 Å². The van der Waals surface area contributed by atoms with Crippen molar-refractivity contribution in [2.24, 2.45) is 11.8 Å². The quantitative estimate of drug-likeness (QED) is 0.623. The van der Waals surface area contributed by atoms with Crippen molar-refractivity contribution in [3.05, 3.63) is 29.8 Å². The van der Waals surface area contributed by atoms with Crippen LogP contribution in [0.15, 0.2) is 24.3 Å². The maximum Gasteiger partial charge on any atom is 0.150 e. The van der Waals surface area contributed by atoms with Crippen LogP contribution in [-0.2, 0) is 9.84 Å². The highest BCUT2D eigenvalue weighted by atomic mass is 32.2. The molecule has 1 aliphatic rings. The van der Waals surface area contributed by atoms with Gasteiger partial charge >= 0.3 is 0 Å². The van der Waals surface area contributed by atoms with E-state index >= 15 is 0 Å². The van der Waals surface area contributed by atoms with Gasteiger partial charge in [0.15, 0.2) is 9.84 Å². The Labute approximate surface area is 114 Å². The number of benzene rings is 1. The summed E-state index contributed by atoms with van der Waals surface area (Å²) in [6.07, 6.45) is 0.657. The van der Waals surface area contributed by atoms with Crippen LogP contribution >= 0.6 is 0 Å². The van der Waals surface area contributed by atoms with Crippen LogP contribution in [0, 0.1) is 5.92 Å². The van der Waals surface area contributed by atoms with Gasteiger partial charge in [0.2, 0.25) is 0 Å². The van der Waals surface area contributed by atoms with Crippen molar-refractivity contribution in [1.29, 1.82) is 0 Å². The lowest BCUT2D eigenvalue weighted by molar-refractivity contribution is 0.339. The molecule has 3 N–H and O–H groups in total. The largest absolute Gasteiger partial charge is 0.494 e. The zero-order chi connectivity index (χ0) is 13.9. The summed E-state index contributed by atoms with van der Waals surface area (Å²) in [5.41, 5.74) is 3.74. The van der Waals surface area contributed by atoms with Gasteiger partial charge in [-0.15, -0.1) is 0 Å². The summed E-state index contributed by atoms with van der Waals surface area (Å²) >= 11 is 0. The second-order valence-corrected chi connectivity index (χ2v) is 7.04. The highest BCUT2D eigenvalue weighted by Crippen LogP contribution is 2.31. The van der Waals surface area contributed by atoms with E-state index in [2.05, 4.69) is 5.43 Å². The molecule has 0 saturated carbocycles. The zero-order valence-electron chi connectivity index (χ0n) is 11.0. The Bertz CT molecular complexity index is 513. The minimum Gasteiger partial charge on any atom is -0.494 e. The van der Waals surface area contributed by atoms with Crippen LogP contribution in [0.2, 0.25) is 0 Å². The van der Waals surface area contributed by atoms with Gasteiger partial charge in [-0.25, -0.2) is 8.42 Å². The van der Waals surface area contributed by atoms with Gasteiger partial charge in [-0.2, -0.15) is 0 Å². The first-order valence-corrected chi connectivity index (χ1v) is 8.27. The molecule has 1 aromatic rings. The topological polar surface area (TPSA) is 81.4 Å². The Balaban J connectivity index is 2.13. The lowest BCUT2D eigenvalue weighted by atomic mass is 9.93. The number of nitrogens with two attached hydrogens (primary N) is 1. The molecule has 1 fully saturated rings. The number of sulfone groups is 1.